The van der Waals surface area contributed by atoms with Crippen molar-refractivity contribution < 1.29 is 28.6 Å². The maximum atomic E-state index is 11.4. The molecule has 10 nitrogen and oxygen atoms in total. The normalized spacial score (nSPS) is 18.3. The molecule has 0 atom stereocenters. The van der Waals surface area contributed by atoms with Gasteiger partial charge in [0.05, 0.1) is 11.9 Å². The molecule has 0 radical (unpaired) electrons. The molecule has 0 aliphatic heterocycles. The van der Waals surface area contributed by atoms with Crippen molar-refractivity contribution in [2.24, 2.45) is 11.8 Å². The van der Waals surface area contributed by atoms with Crippen molar-refractivity contribution in [2.75, 3.05) is 19.0 Å². The minimum atomic E-state index is -0.918. The van der Waals surface area contributed by atoms with Gasteiger partial charge in [0.25, 0.3) is 6.47 Å². The molecular weight excluding hydrogens is 392 g/mol. The van der Waals surface area contributed by atoms with Gasteiger partial charge in [-0.25, -0.2) is 10.8 Å². The summed E-state index contributed by atoms with van der Waals surface area (Å²) in [6.45, 7) is 6.72. The lowest BCUT2D eigenvalue weighted by Crippen LogP contribution is -2.39. The monoisotopic (exact) mass is 424 g/mol. The minimum absolute atomic E-state index is 0.152. The number of hydrogen-bond donors (Lipinski definition) is 3. The Labute approximate surface area is 176 Å². The van der Waals surface area contributed by atoms with Crippen molar-refractivity contribution in [3.05, 3.63) is 18.3 Å². The third-order valence-electron chi connectivity index (χ3n) is 4.22. The van der Waals surface area contributed by atoms with Crippen molar-refractivity contribution in [1.29, 1.82) is 0 Å². The summed E-state index contributed by atoms with van der Waals surface area (Å²) < 4.78 is 15.6. The lowest BCUT2D eigenvalue weighted by Gasteiger charge is -2.28. The van der Waals surface area contributed by atoms with E-state index in [0.717, 1.165) is 32.3 Å². The Kier molecular flexibility index (Phi) is 10.8. The van der Waals surface area contributed by atoms with Crippen LogP contribution in [0.1, 0.15) is 46.5 Å². The average Bonchev–Trinajstić information content (AvgIpc) is 2.70. The lowest BCUT2D eigenvalue weighted by molar-refractivity contribution is -0.138. The number of hydrazine groups is 1. The van der Waals surface area contributed by atoms with Crippen LogP contribution in [0, 0.1) is 5.92 Å². The zero-order valence-corrected chi connectivity index (χ0v) is 18.0. The quantitative estimate of drug-likeness (QED) is 0.205. The first-order valence-corrected chi connectivity index (χ1v) is 9.73. The van der Waals surface area contributed by atoms with Crippen LogP contribution in [0.3, 0.4) is 0 Å². The van der Waals surface area contributed by atoms with Gasteiger partial charge in [0.2, 0.25) is 5.88 Å². The third-order valence-corrected chi connectivity index (χ3v) is 4.22. The van der Waals surface area contributed by atoms with Gasteiger partial charge in [-0.2, -0.15) is 0 Å². The Morgan fingerprint density at radius 1 is 1.20 bits per heavy atom. The van der Waals surface area contributed by atoms with E-state index in [0.29, 0.717) is 24.0 Å². The van der Waals surface area contributed by atoms with Gasteiger partial charge in [0, 0.05) is 19.8 Å². The third kappa shape index (κ3) is 10.2. The van der Waals surface area contributed by atoms with E-state index in [-0.39, 0.29) is 11.7 Å². The summed E-state index contributed by atoms with van der Waals surface area (Å²) in [6, 6.07) is 3.29. The average molecular weight is 424 g/mol. The fourth-order valence-corrected chi connectivity index (χ4v) is 2.74. The number of carbonyl (C=O) groups is 3. The molecule has 168 valence electrons. The molecule has 2 rings (SSSR count). The number of methoxy groups -OCH3 is 1. The van der Waals surface area contributed by atoms with Crippen LogP contribution in [0.2, 0.25) is 0 Å². The molecule has 0 unspecified atom stereocenters. The molecule has 1 aromatic heterocycles. The van der Waals surface area contributed by atoms with Crippen LogP contribution in [0.25, 0.3) is 0 Å². The smallest absolute Gasteiger partial charge is 0.323 e. The van der Waals surface area contributed by atoms with Crippen molar-refractivity contribution in [3.8, 4) is 5.88 Å². The molecule has 0 bridgehead atoms. The molecule has 30 heavy (non-hydrogen) atoms. The Morgan fingerprint density at radius 3 is 2.30 bits per heavy atom. The van der Waals surface area contributed by atoms with Crippen LogP contribution in [0.5, 0.6) is 5.88 Å². The number of nitrogens with two attached hydrogens (primary N) is 1. The zero-order chi connectivity index (χ0) is 22.6. The van der Waals surface area contributed by atoms with Gasteiger partial charge in [-0.05, 0) is 58.4 Å². The van der Waals surface area contributed by atoms with Gasteiger partial charge >= 0.3 is 11.8 Å². The van der Waals surface area contributed by atoms with Gasteiger partial charge in [-0.1, -0.05) is 0 Å². The van der Waals surface area contributed by atoms with Gasteiger partial charge in [0.1, 0.15) is 11.7 Å². The Hall–Kier alpha value is -2.72. The number of rotatable bonds is 6. The predicted octanol–water partition coefficient (Wildman–Crippen LogP) is 1.55. The second-order valence-corrected chi connectivity index (χ2v) is 7.86. The lowest BCUT2D eigenvalue weighted by atomic mass is 9.88. The summed E-state index contributed by atoms with van der Waals surface area (Å²) >= 11 is 0. The molecule has 4 N–H and O–H groups in total. The van der Waals surface area contributed by atoms with E-state index in [1.54, 1.807) is 24.7 Å². The molecule has 0 saturated heterocycles. The second kappa shape index (κ2) is 12.8. The number of ether oxygens (including phenoxy) is 3. The summed E-state index contributed by atoms with van der Waals surface area (Å²) in [5.41, 5.74) is 1.84. The van der Waals surface area contributed by atoms with Crippen molar-refractivity contribution >= 4 is 24.0 Å². The summed E-state index contributed by atoms with van der Waals surface area (Å²) in [5, 5.41) is 2.38. The van der Waals surface area contributed by atoms with Gasteiger partial charge < -0.3 is 19.5 Å². The Bertz CT molecular complexity index is 667. The second-order valence-electron chi connectivity index (χ2n) is 7.86. The number of anilines is 1. The van der Waals surface area contributed by atoms with Crippen molar-refractivity contribution in [3.63, 3.8) is 0 Å². The van der Waals surface area contributed by atoms with Crippen LogP contribution in [0.15, 0.2) is 18.3 Å². The molecule has 1 heterocycles. The first kappa shape index (κ1) is 25.3. The molecular formula is C20H32N4O6. The Morgan fingerprint density at radius 2 is 1.87 bits per heavy atom. The molecule has 1 aliphatic carbocycles. The highest BCUT2D eigenvalue weighted by molar-refractivity contribution is 6.39. The molecule has 1 aliphatic rings. The van der Waals surface area contributed by atoms with Crippen LogP contribution in [-0.2, 0) is 23.9 Å². The topological polar surface area (TPSA) is 142 Å². The molecule has 2 amide bonds. The van der Waals surface area contributed by atoms with E-state index in [1.165, 1.54) is 6.20 Å². The highest BCUT2D eigenvalue weighted by Gasteiger charge is 2.22. The summed E-state index contributed by atoms with van der Waals surface area (Å²) in [7, 11) is 1.73. The highest BCUT2D eigenvalue weighted by Crippen LogP contribution is 2.27. The molecule has 1 saturated carbocycles. The highest BCUT2D eigenvalue weighted by atomic mass is 16.5. The number of nitrogens with one attached hydrogen (secondary N) is 2. The number of pyridine rings is 1. The predicted molar refractivity (Wildman–Crippen MR) is 110 cm³/mol. The minimum Gasteiger partial charge on any atom is -0.474 e. The van der Waals surface area contributed by atoms with Crippen LogP contribution in [0.4, 0.5) is 5.69 Å². The van der Waals surface area contributed by atoms with E-state index < -0.39 is 11.8 Å². The first-order valence-electron chi connectivity index (χ1n) is 9.73. The maximum absolute atomic E-state index is 11.4. The van der Waals surface area contributed by atoms with Crippen molar-refractivity contribution in [1.82, 2.24) is 10.4 Å². The Balaban J connectivity index is 0.000000553. The summed E-state index contributed by atoms with van der Waals surface area (Å²) in [4.78, 5) is 36.1. The number of aromatic nitrogens is 1. The van der Waals surface area contributed by atoms with Crippen LogP contribution < -0.4 is 21.3 Å². The van der Waals surface area contributed by atoms with E-state index in [1.807, 2.05) is 20.8 Å². The van der Waals surface area contributed by atoms with E-state index >= 15 is 0 Å². The molecule has 0 aromatic carbocycles. The fourth-order valence-electron chi connectivity index (χ4n) is 2.74. The molecule has 1 fully saturated rings. The van der Waals surface area contributed by atoms with Crippen LogP contribution in [-0.4, -0.2) is 48.7 Å². The van der Waals surface area contributed by atoms with Gasteiger partial charge in [-0.15, -0.1) is 0 Å². The van der Waals surface area contributed by atoms with E-state index in [9.17, 15) is 14.4 Å². The largest absolute Gasteiger partial charge is 0.474 e. The van der Waals surface area contributed by atoms with E-state index in [4.69, 9.17) is 15.3 Å². The number of nitrogens with zero attached hydrogens (tertiary/aromatic N) is 1. The molecule has 0 spiro atoms. The van der Waals surface area contributed by atoms with E-state index in [2.05, 4.69) is 15.0 Å². The summed E-state index contributed by atoms with van der Waals surface area (Å²) in [6.07, 6.45) is 5.71. The standard InChI is InChI=1S/C15H22N4O4.C5H10O2/c1-22-9-10-2-5-12(6-3-10)23-13-7-4-11(8-17-13)18-14(20)15(21)19-16;1-5(2,3)7-4-6/h4,7-8,10,12H,2-3,5-6,9,16H2,1H3,(H,18,20)(H,19,21);4H,1-3H3. The number of hydrogen-bond acceptors (Lipinski definition) is 8. The van der Waals surface area contributed by atoms with Gasteiger partial charge in [-0.3, -0.25) is 19.8 Å². The van der Waals surface area contributed by atoms with Crippen LogP contribution >= 0.6 is 0 Å². The fraction of sp³-hybridized carbons (Fsp3) is 0.600. The van der Waals surface area contributed by atoms with Gasteiger partial charge in [0.15, 0.2) is 0 Å². The maximum Gasteiger partial charge on any atom is 0.323 e. The number of amides is 2. The molecule has 10 heteroatoms. The zero-order valence-electron chi connectivity index (χ0n) is 18.0. The first-order chi connectivity index (χ1) is 14.2. The SMILES string of the molecule is CC(C)(C)OC=O.COCC1CCC(Oc2ccc(NC(=O)C(=O)NN)cn2)CC1. The van der Waals surface area contributed by atoms with Crippen molar-refractivity contribution in [2.45, 2.75) is 58.2 Å². The molecule has 1 aromatic rings. The number of carbonyl (C=O) groups excluding carboxylic acids is 3. The summed E-state index contributed by atoms with van der Waals surface area (Å²) in [5.74, 6) is 4.23.